The van der Waals surface area contributed by atoms with Gasteiger partial charge in [0.1, 0.15) is 17.3 Å². The van der Waals surface area contributed by atoms with Crippen molar-refractivity contribution in [2.24, 2.45) is 36.1 Å². The van der Waals surface area contributed by atoms with E-state index in [1.54, 1.807) is 42.1 Å². The topological polar surface area (TPSA) is 113 Å². The standard InChI is InChI=1S/C43H39ClN4O5S/c1-6-23-7-11-26(12-8-23)47-39(50)28-14-13-27-30(36(28)41(47)52)19-31-40(51)48(42(53)43(31,4)37(27)24-9-15-33(49)21(2)17-24)35-20-32(45-46(35)5)38-22(3)29-18-25(44)10-16-34(29)54-38/h7-13,15-18,20,28,30-31,36-37,49H,6,14,19H2,1-5H3/t28-,30+,31-,36-,37-,43+/m0/s1. The fourth-order valence-corrected chi connectivity index (χ4v) is 11.1. The molecule has 4 aliphatic rings. The van der Waals surface area contributed by atoms with Gasteiger partial charge in [-0.2, -0.15) is 5.10 Å². The summed E-state index contributed by atoms with van der Waals surface area (Å²) in [5.41, 5.74) is 4.43. The number of aryl methyl sites for hydroxylation is 4. The number of phenols is 1. The highest BCUT2D eigenvalue weighted by Crippen LogP contribution is 2.64. The van der Waals surface area contributed by atoms with Crippen molar-refractivity contribution >= 4 is 68.2 Å². The summed E-state index contributed by atoms with van der Waals surface area (Å²) < 4.78 is 2.65. The largest absolute Gasteiger partial charge is 0.508 e. The van der Waals surface area contributed by atoms with Gasteiger partial charge in [0, 0.05) is 28.8 Å². The van der Waals surface area contributed by atoms with Crippen LogP contribution in [-0.2, 0) is 32.6 Å². The van der Waals surface area contributed by atoms with Gasteiger partial charge in [0.15, 0.2) is 0 Å². The Hall–Kier alpha value is -5.06. The van der Waals surface area contributed by atoms with Gasteiger partial charge < -0.3 is 5.11 Å². The van der Waals surface area contributed by atoms with E-state index >= 15 is 4.79 Å². The third-order valence-electron chi connectivity index (χ3n) is 12.6. The minimum Gasteiger partial charge on any atom is -0.508 e. The van der Waals surface area contributed by atoms with Crippen molar-refractivity contribution in [3.8, 4) is 16.3 Å². The van der Waals surface area contributed by atoms with E-state index in [0.717, 1.165) is 43.6 Å². The predicted octanol–water partition coefficient (Wildman–Crippen LogP) is 8.28. The molecule has 4 heterocycles. The van der Waals surface area contributed by atoms with Crippen LogP contribution in [0, 0.1) is 42.9 Å². The number of carbonyl (C=O) groups excluding carboxylic acids is 4. The van der Waals surface area contributed by atoms with Crippen molar-refractivity contribution in [1.29, 1.82) is 0 Å². The van der Waals surface area contributed by atoms with Crippen molar-refractivity contribution in [1.82, 2.24) is 9.78 Å². The van der Waals surface area contributed by atoms with Gasteiger partial charge in [-0.05, 0) is 110 Å². The van der Waals surface area contributed by atoms with E-state index in [9.17, 15) is 19.5 Å². The number of anilines is 2. The molecule has 1 N–H and O–H groups in total. The number of rotatable bonds is 5. The van der Waals surface area contributed by atoms with Crippen molar-refractivity contribution in [3.05, 3.63) is 106 Å². The van der Waals surface area contributed by atoms with Gasteiger partial charge in [-0.15, -0.1) is 11.3 Å². The van der Waals surface area contributed by atoms with Crippen LogP contribution >= 0.6 is 22.9 Å². The summed E-state index contributed by atoms with van der Waals surface area (Å²) in [7, 11) is 1.74. The number of amides is 4. The van der Waals surface area contributed by atoms with Crippen LogP contribution in [0.1, 0.15) is 54.9 Å². The molecule has 274 valence electrons. The molecule has 4 amide bonds. The number of thiophene rings is 1. The molecular weight excluding hydrogens is 720 g/mol. The SMILES string of the molecule is CCc1ccc(N2C(=O)[C@H]3[C@H](CC=C4[C@H]3C[C@H]3C(=O)N(c5cc(-c6sc7ccc(Cl)cc7c6C)nn5C)C(=O)[C@@]3(C)[C@H]4c3ccc(O)c(C)c3)C2=O)cc1. The first-order chi connectivity index (χ1) is 25.8. The summed E-state index contributed by atoms with van der Waals surface area (Å²) in [5, 5.41) is 17.0. The average molecular weight is 759 g/mol. The molecule has 9 rings (SSSR count). The van der Waals surface area contributed by atoms with Crippen molar-refractivity contribution in [2.75, 3.05) is 9.80 Å². The molecule has 0 bridgehead atoms. The monoisotopic (exact) mass is 758 g/mol. The number of benzene rings is 3. The lowest BCUT2D eigenvalue weighted by Gasteiger charge is -2.49. The predicted molar refractivity (Wildman–Crippen MR) is 210 cm³/mol. The quantitative estimate of drug-likeness (QED) is 0.143. The summed E-state index contributed by atoms with van der Waals surface area (Å²) in [6.45, 7) is 7.75. The molecule has 2 aromatic heterocycles. The van der Waals surface area contributed by atoms with Crippen LogP contribution < -0.4 is 9.80 Å². The summed E-state index contributed by atoms with van der Waals surface area (Å²) in [4.78, 5) is 62.0. The first kappa shape index (κ1) is 34.7. The molecule has 11 heteroatoms. The summed E-state index contributed by atoms with van der Waals surface area (Å²) in [5.74, 6) is -3.71. The van der Waals surface area contributed by atoms with Crippen molar-refractivity contribution in [3.63, 3.8) is 0 Å². The van der Waals surface area contributed by atoms with Gasteiger partial charge >= 0.3 is 0 Å². The normalized spacial score (nSPS) is 26.4. The van der Waals surface area contributed by atoms with E-state index in [1.807, 2.05) is 74.5 Å². The summed E-state index contributed by atoms with van der Waals surface area (Å²) in [6.07, 6.45) is 3.50. The molecule has 3 fully saturated rings. The molecule has 6 atom stereocenters. The van der Waals surface area contributed by atoms with Crippen LogP contribution in [0.4, 0.5) is 11.5 Å². The lowest BCUT2D eigenvalue weighted by atomic mass is 9.51. The highest BCUT2D eigenvalue weighted by molar-refractivity contribution is 7.22. The second kappa shape index (κ2) is 12.2. The van der Waals surface area contributed by atoms with Crippen LogP contribution in [0.2, 0.25) is 5.02 Å². The molecule has 9 nitrogen and oxygen atoms in total. The van der Waals surface area contributed by atoms with Gasteiger partial charge in [0.25, 0.3) is 0 Å². The third kappa shape index (κ3) is 4.78. The number of aromatic hydroxyl groups is 1. The number of aromatic nitrogens is 2. The van der Waals surface area contributed by atoms with Gasteiger partial charge in [-0.25, -0.2) is 4.90 Å². The first-order valence-electron chi connectivity index (χ1n) is 18.4. The Morgan fingerprint density at radius 1 is 0.926 bits per heavy atom. The lowest BCUT2D eigenvalue weighted by Crippen LogP contribution is -2.49. The number of hydrogen-bond acceptors (Lipinski definition) is 7. The number of carbonyl (C=O) groups is 4. The van der Waals surface area contributed by atoms with Gasteiger partial charge in [0.05, 0.1) is 33.7 Å². The lowest BCUT2D eigenvalue weighted by molar-refractivity contribution is -0.131. The Kier molecular flexibility index (Phi) is 7.86. The van der Waals surface area contributed by atoms with Crippen LogP contribution in [-0.4, -0.2) is 38.5 Å². The Bertz CT molecular complexity index is 2500. The Morgan fingerprint density at radius 2 is 1.69 bits per heavy atom. The summed E-state index contributed by atoms with van der Waals surface area (Å²) in [6, 6.07) is 20.4. The Labute approximate surface area is 321 Å². The molecule has 2 aliphatic heterocycles. The minimum absolute atomic E-state index is 0.128. The second-order valence-electron chi connectivity index (χ2n) is 15.4. The number of allylic oxidation sites excluding steroid dienone is 2. The van der Waals surface area contributed by atoms with E-state index in [0.29, 0.717) is 34.2 Å². The molecular formula is C43H39ClN4O5S. The highest BCUT2D eigenvalue weighted by atomic mass is 35.5. The minimum atomic E-state index is -1.22. The zero-order valence-electron chi connectivity index (χ0n) is 30.6. The van der Waals surface area contributed by atoms with Crippen LogP contribution in [0.3, 0.4) is 0 Å². The van der Waals surface area contributed by atoms with Gasteiger partial charge in [-0.3, -0.25) is 28.8 Å². The fourth-order valence-electron chi connectivity index (χ4n) is 9.82. The Morgan fingerprint density at radius 3 is 2.41 bits per heavy atom. The van der Waals surface area contributed by atoms with Gasteiger partial charge in [0.2, 0.25) is 23.6 Å². The summed E-state index contributed by atoms with van der Waals surface area (Å²) >= 11 is 7.90. The number of fused-ring (bicyclic) bond motifs is 5. The molecule has 1 saturated carbocycles. The van der Waals surface area contributed by atoms with E-state index in [-0.39, 0.29) is 35.8 Å². The zero-order valence-corrected chi connectivity index (χ0v) is 32.2. The Balaban J connectivity index is 1.14. The van der Waals surface area contributed by atoms with Crippen molar-refractivity contribution < 1.29 is 24.3 Å². The van der Waals surface area contributed by atoms with E-state index < -0.39 is 35.0 Å². The van der Waals surface area contributed by atoms with Crippen molar-refractivity contribution in [2.45, 2.75) is 52.9 Å². The molecule has 2 aliphatic carbocycles. The zero-order chi connectivity index (χ0) is 38.0. The van der Waals surface area contributed by atoms with Crippen LogP contribution in [0.5, 0.6) is 5.75 Å². The molecule has 3 aromatic carbocycles. The molecule has 54 heavy (non-hydrogen) atoms. The van der Waals surface area contributed by atoms with E-state index in [1.165, 1.54) is 9.80 Å². The molecule has 0 unspecified atom stereocenters. The number of hydrogen-bond donors (Lipinski definition) is 1. The molecule has 0 spiro atoms. The number of halogens is 1. The number of nitrogens with zero attached hydrogens (tertiary/aromatic N) is 4. The molecule has 2 saturated heterocycles. The highest BCUT2D eigenvalue weighted by Gasteiger charge is 2.68. The first-order valence-corrected chi connectivity index (χ1v) is 19.6. The second-order valence-corrected chi connectivity index (χ2v) is 16.9. The number of phenolic OH excluding ortho intramolecular Hbond substituents is 1. The van der Waals surface area contributed by atoms with Crippen LogP contribution in [0.25, 0.3) is 20.7 Å². The fraction of sp³-hybridized carbons (Fsp3) is 0.326. The third-order valence-corrected chi connectivity index (χ3v) is 14.2. The molecule has 0 radical (unpaired) electrons. The van der Waals surface area contributed by atoms with E-state index in [2.05, 4.69) is 6.92 Å². The average Bonchev–Trinajstić information content (AvgIpc) is 3.83. The van der Waals surface area contributed by atoms with Crippen LogP contribution in [0.15, 0.2) is 78.4 Å². The maximum Gasteiger partial charge on any atom is 0.242 e. The van der Waals surface area contributed by atoms with Gasteiger partial charge in [-0.1, -0.05) is 54.4 Å². The van der Waals surface area contributed by atoms with E-state index in [4.69, 9.17) is 16.7 Å². The number of imide groups is 2. The molecule has 5 aromatic rings. The smallest absolute Gasteiger partial charge is 0.242 e. The maximum atomic E-state index is 15.1. The maximum absolute atomic E-state index is 15.1.